The third kappa shape index (κ3) is 1.75. The number of ether oxygens (including phenoxy) is 1. The molecular weight excluding hydrogens is 268 g/mol. The van der Waals surface area contributed by atoms with Crippen LogP contribution in [0.15, 0.2) is 29.1 Å². The molecule has 3 rings (SSSR count). The number of aromatic nitrogens is 2. The lowest BCUT2D eigenvalue weighted by molar-refractivity contribution is 0.0450. The summed E-state index contributed by atoms with van der Waals surface area (Å²) in [5.41, 5.74) is 0.273. The average molecular weight is 276 g/mol. The zero-order valence-electron chi connectivity index (χ0n) is 9.47. The first-order chi connectivity index (χ1) is 9.08. The number of rotatable bonds is 1. The summed E-state index contributed by atoms with van der Waals surface area (Å²) in [4.78, 5) is 28.3. The van der Waals surface area contributed by atoms with Crippen molar-refractivity contribution >= 4 is 18.2 Å². The average Bonchev–Trinajstić information content (AvgIpc) is 2.67. The van der Waals surface area contributed by atoms with Crippen molar-refractivity contribution in [2.24, 2.45) is 0 Å². The monoisotopic (exact) mass is 276 g/mol. The van der Waals surface area contributed by atoms with Gasteiger partial charge in [-0.05, 0) is 18.3 Å². The molecule has 1 atom stereocenters. The van der Waals surface area contributed by atoms with E-state index in [4.69, 9.17) is 17.0 Å². The zero-order valence-corrected chi connectivity index (χ0v) is 10.3. The molecule has 2 heterocycles. The number of hydrogen-bond donors (Lipinski definition) is 3. The summed E-state index contributed by atoms with van der Waals surface area (Å²) < 4.78 is 5.15. The first-order valence-corrected chi connectivity index (χ1v) is 5.84. The molecule has 0 aliphatic carbocycles. The molecule has 1 aromatic heterocycles. The van der Waals surface area contributed by atoms with Crippen molar-refractivity contribution in [1.29, 1.82) is 0 Å². The fourth-order valence-electron chi connectivity index (χ4n) is 2.09. The quantitative estimate of drug-likeness (QED) is 0.540. The molecule has 0 amide bonds. The topological polar surface area (TPSA) is 95.2 Å². The van der Waals surface area contributed by atoms with E-state index in [2.05, 4.69) is 9.97 Å². The number of carbonyl (C=O) groups excluding carboxylic acids is 1. The molecule has 96 valence electrons. The van der Waals surface area contributed by atoms with Gasteiger partial charge >= 0.3 is 5.97 Å². The first-order valence-electron chi connectivity index (χ1n) is 5.43. The third-order valence-electron chi connectivity index (χ3n) is 2.91. The van der Waals surface area contributed by atoms with Gasteiger partial charge in [0.1, 0.15) is 5.56 Å². The van der Waals surface area contributed by atoms with Crippen LogP contribution in [0, 0.1) is 4.77 Å². The lowest BCUT2D eigenvalue weighted by atomic mass is 10.0. The van der Waals surface area contributed by atoms with E-state index in [9.17, 15) is 14.7 Å². The Balaban J connectivity index is 2.24. The second-order valence-electron chi connectivity index (χ2n) is 4.04. The van der Waals surface area contributed by atoms with E-state index in [1.807, 2.05) is 0 Å². The van der Waals surface area contributed by atoms with Gasteiger partial charge < -0.3 is 14.8 Å². The summed E-state index contributed by atoms with van der Waals surface area (Å²) in [6, 6.07) is 6.70. The molecule has 0 radical (unpaired) electrons. The Kier molecular flexibility index (Phi) is 2.49. The molecule has 7 heteroatoms. The normalized spacial score (nSPS) is 17.1. The Morgan fingerprint density at radius 2 is 1.95 bits per heavy atom. The van der Waals surface area contributed by atoms with Gasteiger partial charge in [0.05, 0.1) is 5.56 Å². The highest BCUT2D eigenvalue weighted by Gasteiger charge is 2.35. The number of carbonyl (C=O) groups is 1. The molecule has 1 aromatic carbocycles. The molecular formula is C12H8N2O4S. The SMILES string of the molecule is O=C1O[C@H](c2c(O)[nH]c(=S)[nH]c2=O)c2ccccc21. The first kappa shape index (κ1) is 11.7. The highest BCUT2D eigenvalue weighted by Crippen LogP contribution is 2.36. The molecule has 0 spiro atoms. The lowest BCUT2D eigenvalue weighted by Crippen LogP contribution is -2.18. The van der Waals surface area contributed by atoms with Crippen LogP contribution in [0.4, 0.5) is 0 Å². The number of hydrogen-bond acceptors (Lipinski definition) is 5. The summed E-state index contributed by atoms with van der Waals surface area (Å²) in [5.74, 6) is -0.926. The Morgan fingerprint density at radius 1 is 1.21 bits per heavy atom. The van der Waals surface area contributed by atoms with Crippen molar-refractivity contribution in [2.45, 2.75) is 6.10 Å². The molecule has 19 heavy (non-hydrogen) atoms. The molecule has 0 fully saturated rings. The molecule has 1 aliphatic heterocycles. The van der Waals surface area contributed by atoms with Crippen molar-refractivity contribution in [3.8, 4) is 5.88 Å². The number of benzene rings is 1. The third-order valence-corrected chi connectivity index (χ3v) is 3.11. The number of esters is 1. The van der Waals surface area contributed by atoms with Crippen LogP contribution >= 0.6 is 12.2 Å². The summed E-state index contributed by atoms with van der Waals surface area (Å²) in [6.45, 7) is 0. The molecule has 0 saturated heterocycles. The summed E-state index contributed by atoms with van der Waals surface area (Å²) in [6.07, 6.45) is -0.931. The van der Waals surface area contributed by atoms with Crippen molar-refractivity contribution in [1.82, 2.24) is 9.97 Å². The fraction of sp³-hybridized carbons (Fsp3) is 0.0833. The standard InChI is InChI=1S/C12H8N2O4S/c15-9-7(10(16)14-12(19)13-9)8-5-3-1-2-4-6(5)11(17)18-8/h1-4,8H,(H3,13,14,15,16,19)/t8-/m0/s1. The highest BCUT2D eigenvalue weighted by molar-refractivity contribution is 7.71. The van der Waals surface area contributed by atoms with Crippen LogP contribution in [0.5, 0.6) is 5.88 Å². The summed E-state index contributed by atoms with van der Waals surface area (Å²) in [7, 11) is 0. The largest absolute Gasteiger partial charge is 0.494 e. The maximum atomic E-state index is 11.9. The Hall–Kier alpha value is -2.41. The Labute approximate surface area is 111 Å². The Bertz CT molecular complexity index is 793. The predicted octanol–water partition coefficient (Wildman–Crippen LogP) is 1.40. The van der Waals surface area contributed by atoms with Crippen LogP contribution in [-0.4, -0.2) is 21.0 Å². The molecule has 1 aliphatic rings. The van der Waals surface area contributed by atoms with Crippen LogP contribution in [0.25, 0.3) is 0 Å². The lowest BCUT2D eigenvalue weighted by Gasteiger charge is -2.11. The van der Waals surface area contributed by atoms with E-state index in [-0.39, 0.29) is 10.3 Å². The maximum absolute atomic E-state index is 11.9. The van der Waals surface area contributed by atoms with E-state index >= 15 is 0 Å². The molecule has 3 N–H and O–H groups in total. The summed E-state index contributed by atoms with van der Waals surface area (Å²) in [5, 5.41) is 9.81. The van der Waals surface area contributed by atoms with Gasteiger partial charge in [-0.15, -0.1) is 0 Å². The summed E-state index contributed by atoms with van der Waals surface area (Å²) >= 11 is 4.74. The smallest absolute Gasteiger partial charge is 0.339 e. The number of H-pyrrole nitrogens is 2. The molecule has 2 aromatic rings. The number of nitrogens with one attached hydrogen (secondary N) is 2. The van der Waals surface area contributed by atoms with Crippen LogP contribution in [-0.2, 0) is 4.74 Å². The molecule has 6 nitrogen and oxygen atoms in total. The number of aromatic hydroxyl groups is 1. The highest BCUT2D eigenvalue weighted by atomic mass is 32.1. The number of cyclic esters (lactones) is 1. The van der Waals surface area contributed by atoms with Crippen LogP contribution < -0.4 is 5.56 Å². The van der Waals surface area contributed by atoms with Crippen molar-refractivity contribution < 1.29 is 14.6 Å². The van der Waals surface area contributed by atoms with Gasteiger partial charge in [-0.25, -0.2) is 4.79 Å². The van der Waals surface area contributed by atoms with E-state index in [1.54, 1.807) is 24.3 Å². The molecule has 0 unspecified atom stereocenters. The minimum atomic E-state index is -0.931. The van der Waals surface area contributed by atoms with Crippen LogP contribution in [0.2, 0.25) is 0 Å². The van der Waals surface area contributed by atoms with Gasteiger partial charge in [-0.2, -0.15) is 0 Å². The van der Waals surface area contributed by atoms with Gasteiger partial charge in [-0.3, -0.25) is 9.78 Å². The van der Waals surface area contributed by atoms with Gasteiger partial charge in [0.15, 0.2) is 10.9 Å². The maximum Gasteiger partial charge on any atom is 0.339 e. The second-order valence-corrected chi connectivity index (χ2v) is 4.45. The molecule has 0 bridgehead atoms. The van der Waals surface area contributed by atoms with Gasteiger partial charge in [0.25, 0.3) is 5.56 Å². The van der Waals surface area contributed by atoms with E-state index in [1.165, 1.54) is 0 Å². The van der Waals surface area contributed by atoms with Crippen molar-refractivity contribution in [3.05, 3.63) is 56.1 Å². The van der Waals surface area contributed by atoms with E-state index in [0.717, 1.165) is 0 Å². The minimum Gasteiger partial charge on any atom is -0.494 e. The van der Waals surface area contributed by atoms with Gasteiger partial charge in [-0.1, -0.05) is 18.2 Å². The van der Waals surface area contributed by atoms with Crippen LogP contribution in [0.3, 0.4) is 0 Å². The minimum absolute atomic E-state index is 0.00357. The van der Waals surface area contributed by atoms with Crippen molar-refractivity contribution in [2.75, 3.05) is 0 Å². The van der Waals surface area contributed by atoms with Gasteiger partial charge in [0.2, 0.25) is 5.88 Å². The fourth-order valence-corrected chi connectivity index (χ4v) is 2.28. The predicted molar refractivity (Wildman–Crippen MR) is 67.6 cm³/mol. The van der Waals surface area contributed by atoms with Gasteiger partial charge in [0, 0.05) is 5.56 Å². The number of fused-ring (bicyclic) bond motifs is 1. The van der Waals surface area contributed by atoms with E-state index < -0.39 is 23.5 Å². The van der Waals surface area contributed by atoms with E-state index in [0.29, 0.717) is 11.1 Å². The zero-order chi connectivity index (χ0) is 13.6. The molecule has 0 saturated carbocycles. The second kappa shape index (κ2) is 4.06. The Morgan fingerprint density at radius 3 is 2.68 bits per heavy atom. The van der Waals surface area contributed by atoms with Crippen molar-refractivity contribution in [3.63, 3.8) is 0 Å². The number of aromatic amines is 2. The van der Waals surface area contributed by atoms with Crippen LogP contribution in [0.1, 0.15) is 27.6 Å².